The van der Waals surface area contributed by atoms with E-state index in [4.69, 9.17) is 0 Å². The van der Waals surface area contributed by atoms with Gasteiger partial charge in [-0.1, -0.05) is 12.1 Å². The number of benzene rings is 2. The van der Waals surface area contributed by atoms with E-state index in [0.29, 0.717) is 17.1 Å². The van der Waals surface area contributed by atoms with Gasteiger partial charge in [-0.05, 0) is 64.5 Å². The second-order valence-corrected chi connectivity index (χ2v) is 5.85. The van der Waals surface area contributed by atoms with Gasteiger partial charge in [-0.15, -0.1) is 0 Å². The summed E-state index contributed by atoms with van der Waals surface area (Å²) < 4.78 is 13.7. The average Bonchev–Trinajstić information content (AvgIpc) is 2.59. The predicted octanol–water partition coefficient (Wildman–Crippen LogP) is 4.98. The zero-order valence-electron chi connectivity index (χ0n) is 12.5. The van der Waals surface area contributed by atoms with Crippen molar-refractivity contribution in [2.24, 2.45) is 0 Å². The molecule has 2 N–H and O–H groups in total. The lowest BCUT2D eigenvalue weighted by molar-refractivity contribution is 0.102. The van der Waals surface area contributed by atoms with E-state index in [1.54, 1.807) is 36.5 Å². The molecule has 24 heavy (non-hydrogen) atoms. The molecule has 2 aromatic carbocycles. The SMILES string of the molecule is O=C(Nc1ccccc1Br)c1ccc(Nc2ccc(F)cc2)cn1. The number of hydrogen-bond acceptors (Lipinski definition) is 3. The van der Waals surface area contributed by atoms with Crippen molar-refractivity contribution < 1.29 is 9.18 Å². The molecule has 6 heteroatoms. The Morgan fingerprint density at radius 1 is 0.958 bits per heavy atom. The van der Waals surface area contributed by atoms with Gasteiger partial charge in [0.1, 0.15) is 11.5 Å². The zero-order chi connectivity index (χ0) is 16.9. The third-order valence-electron chi connectivity index (χ3n) is 3.25. The second-order valence-electron chi connectivity index (χ2n) is 5.00. The highest BCUT2D eigenvalue weighted by atomic mass is 79.9. The van der Waals surface area contributed by atoms with Crippen LogP contribution in [0.2, 0.25) is 0 Å². The Kier molecular flexibility index (Phi) is 4.86. The summed E-state index contributed by atoms with van der Waals surface area (Å²) >= 11 is 3.38. The van der Waals surface area contributed by atoms with E-state index in [2.05, 4.69) is 31.5 Å². The van der Waals surface area contributed by atoms with Crippen LogP contribution in [0.3, 0.4) is 0 Å². The largest absolute Gasteiger partial charge is 0.354 e. The number of carbonyl (C=O) groups is 1. The number of nitrogens with one attached hydrogen (secondary N) is 2. The minimum absolute atomic E-state index is 0.294. The lowest BCUT2D eigenvalue weighted by Crippen LogP contribution is -2.13. The molecule has 0 fully saturated rings. The van der Waals surface area contributed by atoms with Gasteiger partial charge in [-0.2, -0.15) is 0 Å². The van der Waals surface area contributed by atoms with Crippen molar-refractivity contribution in [3.8, 4) is 0 Å². The molecular weight excluding hydrogens is 373 g/mol. The third kappa shape index (κ3) is 3.97. The van der Waals surface area contributed by atoms with Crippen LogP contribution in [-0.2, 0) is 0 Å². The van der Waals surface area contributed by atoms with E-state index in [-0.39, 0.29) is 11.7 Å². The molecule has 0 unspecified atom stereocenters. The van der Waals surface area contributed by atoms with Crippen LogP contribution in [0.25, 0.3) is 0 Å². The first-order chi connectivity index (χ1) is 11.6. The molecule has 1 aromatic heterocycles. The summed E-state index contributed by atoms with van der Waals surface area (Å²) in [5, 5.41) is 5.88. The van der Waals surface area contributed by atoms with Crippen LogP contribution in [0.15, 0.2) is 71.3 Å². The van der Waals surface area contributed by atoms with Crippen LogP contribution >= 0.6 is 15.9 Å². The minimum Gasteiger partial charge on any atom is -0.354 e. The molecule has 0 bridgehead atoms. The number of para-hydroxylation sites is 1. The third-order valence-corrected chi connectivity index (χ3v) is 3.94. The van der Waals surface area contributed by atoms with Gasteiger partial charge < -0.3 is 10.6 Å². The first kappa shape index (κ1) is 16.1. The summed E-state index contributed by atoms with van der Waals surface area (Å²) in [7, 11) is 0. The maximum absolute atomic E-state index is 12.9. The lowest BCUT2D eigenvalue weighted by Gasteiger charge is -2.08. The van der Waals surface area contributed by atoms with Crippen molar-refractivity contribution in [3.63, 3.8) is 0 Å². The van der Waals surface area contributed by atoms with E-state index >= 15 is 0 Å². The number of pyridine rings is 1. The highest BCUT2D eigenvalue weighted by molar-refractivity contribution is 9.10. The standard InChI is InChI=1S/C18H13BrFN3O/c19-15-3-1-2-4-16(15)23-18(24)17-10-9-14(11-21-17)22-13-7-5-12(20)6-8-13/h1-11,22H,(H,23,24). The number of nitrogens with zero attached hydrogens (tertiary/aromatic N) is 1. The summed E-state index contributed by atoms with van der Waals surface area (Å²) in [6, 6.07) is 16.7. The van der Waals surface area contributed by atoms with Gasteiger partial charge in [0.05, 0.1) is 17.6 Å². The number of carbonyl (C=O) groups excluding carboxylic acids is 1. The summed E-state index contributed by atoms with van der Waals surface area (Å²) in [6.07, 6.45) is 1.55. The number of anilines is 3. The van der Waals surface area contributed by atoms with Gasteiger partial charge >= 0.3 is 0 Å². The van der Waals surface area contributed by atoms with Crippen LogP contribution in [-0.4, -0.2) is 10.9 Å². The monoisotopic (exact) mass is 385 g/mol. The first-order valence-electron chi connectivity index (χ1n) is 7.16. The lowest BCUT2D eigenvalue weighted by atomic mass is 10.2. The van der Waals surface area contributed by atoms with E-state index in [1.807, 2.05) is 18.2 Å². The molecule has 0 aliphatic rings. The smallest absolute Gasteiger partial charge is 0.274 e. The van der Waals surface area contributed by atoms with E-state index < -0.39 is 0 Å². The molecular formula is C18H13BrFN3O. The fourth-order valence-electron chi connectivity index (χ4n) is 2.05. The number of rotatable bonds is 4. The molecule has 4 nitrogen and oxygen atoms in total. The van der Waals surface area contributed by atoms with Crippen molar-refractivity contribution in [1.82, 2.24) is 4.98 Å². The fraction of sp³-hybridized carbons (Fsp3) is 0. The Hall–Kier alpha value is -2.73. The van der Waals surface area contributed by atoms with Crippen LogP contribution < -0.4 is 10.6 Å². The molecule has 0 aliphatic carbocycles. The molecule has 3 rings (SSSR count). The number of aromatic nitrogens is 1. The average molecular weight is 386 g/mol. The van der Waals surface area contributed by atoms with Gasteiger partial charge in [-0.25, -0.2) is 9.37 Å². The van der Waals surface area contributed by atoms with Crippen molar-refractivity contribution in [2.75, 3.05) is 10.6 Å². The molecule has 0 aliphatic heterocycles. The van der Waals surface area contributed by atoms with Crippen molar-refractivity contribution in [2.45, 2.75) is 0 Å². The molecule has 1 amide bonds. The van der Waals surface area contributed by atoms with E-state index in [0.717, 1.165) is 10.2 Å². The minimum atomic E-state index is -0.296. The Labute approximate surface area is 146 Å². The van der Waals surface area contributed by atoms with Gasteiger partial charge in [0.15, 0.2) is 0 Å². The van der Waals surface area contributed by atoms with Gasteiger partial charge in [0.2, 0.25) is 0 Å². The first-order valence-corrected chi connectivity index (χ1v) is 7.95. The molecule has 1 heterocycles. The summed E-state index contributed by atoms with van der Waals surface area (Å²) in [6.45, 7) is 0. The quantitative estimate of drug-likeness (QED) is 0.665. The van der Waals surface area contributed by atoms with Crippen LogP contribution in [0.5, 0.6) is 0 Å². The van der Waals surface area contributed by atoms with Crippen molar-refractivity contribution in [3.05, 3.63) is 82.8 Å². The van der Waals surface area contributed by atoms with Gasteiger partial charge in [0.25, 0.3) is 5.91 Å². The molecule has 0 atom stereocenters. The van der Waals surface area contributed by atoms with E-state index in [9.17, 15) is 9.18 Å². The maximum atomic E-state index is 12.9. The predicted molar refractivity (Wildman–Crippen MR) is 96.0 cm³/mol. The normalized spacial score (nSPS) is 10.2. The highest BCUT2D eigenvalue weighted by Crippen LogP contribution is 2.22. The summed E-state index contributed by atoms with van der Waals surface area (Å²) in [5.74, 6) is -0.590. The number of hydrogen-bond donors (Lipinski definition) is 2. The molecule has 0 radical (unpaired) electrons. The van der Waals surface area contributed by atoms with Crippen LogP contribution in [0.1, 0.15) is 10.5 Å². The fourth-order valence-corrected chi connectivity index (χ4v) is 2.43. The second kappa shape index (κ2) is 7.23. The van der Waals surface area contributed by atoms with Crippen molar-refractivity contribution >= 4 is 38.9 Å². The maximum Gasteiger partial charge on any atom is 0.274 e. The summed E-state index contributed by atoms with van der Waals surface area (Å²) in [4.78, 5) is 16.4. The molecule has 0 saturated carbocycles. The Morgan fingerprint density at radius 3 is 2.33 bits per heavy atom. The van der Waals surface area contributed by atoms with Crippen molar-refractivity contribution in [1.29, 1.82) is 0 Å². The highest BCUT2D eigenvalue weighted by Gasteiger charge is 2.09. The Bertz CT molecular complexity index is 851. The zero-order valence-corrected chi connectivity index (χ0v) is 14.0. The summed E-state index contributed by atoms with van der Waals surface area (Å²) in [5.41, 5.74) is 2.43. The molecule has 0 spiro atoms. The molecule has 0 saturated heterocycles. The number of halogens is 2. The van der Waals surface area contributed by atoms with Gasteiger partial charge in [-0.3, -0.25) is 4.79 Å². The van der Waals surface area contributed by atoms with Gasteiger partial charge in [0, 0.05) is 10.2 Å². The number of amides is 1. The van der Waals surface area contributed by atoms with Crippen LogP contribution in [0, 0.1) is 5.82 Å². The molecule has 3 aromatic rings. The van der Waals surface area contributed by atoms with E-state index in [1.165, 1.54) is 12.1 Å². The Balaban J connectivity index is 1.68. The van der Waals surface area contributed by atoms with Crippen LogP contribution in [0.4, 0.5) is 21.5 Å². The Morgan fingerprint density at radius 2 is 1.67 bits per heavy atom. The topological polar surface area (TPSA) is 54.0 Å². The molecule has 120 valence electrons.